The number of rotatable bonds is 3. The van der Waals surface area contributed by atoms with Crippen molar-refractivity contribution in [1.29, 1.82) is 0 Å². The van der Waals surface area contributed by atoms with Crippen molar-refractivity contribution >= 4 is 5.97 Å². The van der Waals surface area contributed by atoms with Gasteiger partial charge in [-0.05, 0) is 31.7 Å². The SMILES string of the molecule is CCOC(=O)[C@@H]1CCCC(N=[N+]=[N-])C1. The van der Waals surface area contributed by atoms with Crippen LogP contribution in [-0.2, 0) is 9.53 Å². The molecular weight excluding hydrogens is 182 g/mol. The van der Waals surface area contributed by atoms with Crippen LogP contribution >= 0.6 is 0 Å². The summed E-state index contributed by atoms with van der Waals surface area (Å²) >= 11 is 0. The Labute approximate surface area is 83.1 Å². The van der Waals surface area contributed by atoms with E-state index < -0.39 is 0 Å². The number of carbonyl (C=O) groups is 1. The van der Waals surface area contributed by atoms with Gasteiger partial charge in [0.2, 0.25) is 0 Å². The molecule has 2 atom stereocenters. The third-order valence-electron chi connectivity index (χ3n) is 2.48. The average molecular weight is 197 g/mol. The molecule has 0 heterocycles. The molecule has 0 aromatic carbocycles. The minimum absolute atomic E-state index is 0.0249. The lowest BCUT2D eigenvalue weighted by Crippen LogP contribution is -2.26. The largest absolute Gasteiger partial charge is 0.466 e. The molecule has 1 aliphatic carbocycles. The van der Waals surface area contributed by atoms with Gasteiger partial charge in [-0.25, -0.2) is 0 Å². The predicted molar refractivity (Wildman–Crippen MR) is 51.5 cm³/mol. The van der Waals surface area contributed by atoms with Crippen molar-refractivity contribution in [2.75, 3.05) is 6.61 Å². The van der Waals surface area contributed by atoms with Crippen LogP contribution in [0.4, 0.5) is 0 Å². The van der Waals surface area contributed by atoms with E-state index in [9.17, 15) is 4.79 Å². The molecule has 1 saturated carbocycles. The molecule has 0 aromatic rings. The van der Waals surface area contributed by atoms with Gasteiger partial charge in [0.05, 0.1) is 12.5 Å². The molecular formula is C9H15N3O2. The van der Waals surface area contributed by atoms with Crippen molar-refractivity contribution in [2.45, 2.75) is 38.6 Å². The van der Waals surface area contributed by atoms with Crippen molar-refractivity contribution in [3.8, 4) is 0 Å². The highest BCUT2D eigenvalue weighted by Crippen LogP contribution is 2.27. The number of nitrogens with zero attached hydrogens (tertiary/aromatic N) is 3. The second-order valence-corrected chi connectivity index (χ2v) is 3.47. The van der Waals surface area contributed by atoms with Gasteiger partial charge in [-0.2, -0.15) is 0 Å². The molecule has 0 amide bonds. The Morgan fingerprint density at radius 1 is 1.64 bits per heavy atom. The fourth-order valence-electron chi connectivity index (χ4n) is 1.82. The first kappa shape index (κ1) is 10.9. The molecule has 1 fully saturated rings. The van der Waals surface area contributed by atoms with E-state index in [1.807, 2.05) is 0 Å². The molecule has 0 bridgehead atoms. The topological polar surface area (TPSA) is 75.1 Å². The van der Waals surface area contributed by atoms with Crippen LogP contribution in [0.3, 0.4) is 0 Å². The highest BCUT2D eigenvalue weighted by atomic mass is 16.5. The van der Waals surface area contributed by atoms with Crippen molar-refractivity contribution in [2.24, 2.45) is 11.0 Å². The molecule has 0 aliphatic heterocycles. The Morgan fingerprint density at radius 3 is 3.07 bits per heavy atom. The first-order chi connectivity index (χ1) is 6.77. The molecule has 1 unspecified atom stereocenters. The van der Waals surface area contributed by atoms with E-state index in [1.165, 1.54) is 0 Å². The number of azide groups is 1. The summed E-state index contributed by atoms with van der Waals surface area (Å²) in [4.78, 5) is 14.2. The van der Waals surface area contributed by atoms with Crippen LogP contribution in [0.5, 0.6) is 0 Å². The highest BCUT2D eigenvalue weighted by molar-refractivity contribution is 5.72. The fraction of sp³-hybridized carbons (Fsp3) is 0.889. The minimum Gasteiger partial charge on any atom is -0.466 e. The lowest BCUT2D eigenvalue weighted by molar-refractivity contribution is -0.149. The van der Waals surface area contributed by atoms with Crippen molar-refractivity contribution in [1.82, 2.24) is 0 Å². The molecule has 0 saturated heterocycles. The Balaban J connectivity index is 2.46. The third-order valence-corrected chi connectivity index (χ3v) is 2.48. The number of hydrogen-bond acceptors (Lipinski definition) is 3. The lowest BCUT2D eigenvalue weighted by atomic mass is 9.86. The summed E-state index contributed by atoms with van der Waals surface area (Å²) in [7, 11) is 0. The van der Waals surface area contributed by atoms with Crippen molar-refractivity contribution in [3.63, 3.8) is 0 Å². The summed E-state index contributed by atoms with van der Waals surface area (Å²) < 4.78 is 4.93. The summed E-state index contributed by atoms with van der Waals surface area (Å²) in [5.41, 5.74) is 8.29. The lowest BCUT2D eigenvalue weighted by Gasteiger charge is -2.24. The van der Waals surface area contributed by atoms with Crippen LogP contribution in [0, 0.1) is 5.92 Å². The van der Waals surface area contributed by atoms with Crippen LogP contribution in [-0.4, -0.2) is 18.6 Å². The predicted octanol–water partition coefficient (Wildman–Crippen LogP) is 2.42. The zero-order chi connectivity index (χ0) is 10.4. The molecule has 0 aromatic heterocycles. The van der Waals surface area contributed by atoms with Gasteiger partial charge in [0.25, 0.3) is 0 Å². The number of carbonyl (C=O) groups excluding carboxylic acids is 1. The Kier molecular flexibility index (Phi) is 4.26. The van der Waals surface area contributed by atoms with E-state index in [-0.39, 0.29) is 17.9 Å². The summed E-state index contributed by atoms with van der Waals surface area (Å²) in [5, 5.41) is 3.65. The zero-order valence-electron chi connectivity index (χ0n) is 8.35. The van der Waals surface area contributed by atoms with Gasteiger partial charge in [-0.3, -0.25) is 4.79 Å². The van der Waals surface area contributed by atoms with Gasteiger partial charge >= 0.3 is 5.97 Å². The van der Waals surface area contributed by atoms with Gasteiger partial charge in [-0.1, -0.05) is 11.5 Å². The second-order valence-electron chi connectivity index (χ2n) is 3.47. The van der Waals surface area contributed by atoms with Crippen molar-refractivity contribution in [3.05, 3.63) is 10.4 Å². The van der Waals surface area contributed by atoms with E-state index >= 15 is 0 Å². The quantitative estimate of drug-likeness (QED) is 0.301. The molecule has 1 aliphatic rings. The molecule has 78 valence electrons. The zero-order valence-corrected chi connectivity index (χ0v) is 8.35. The van der Waals surface area contributed by atoms with E-state index in [2.05, 4.69) is 10.0 Å². The summed E-state index contributed by atoms with van der Waals surface area (Å²) in [6.07, 6.45) is 3.33. The maximum absolute atomic E-state index is 11.4. The number of esters is 1. The number of hydrogen-bond donors (Lipinski definition) is 0. The molecule has 5 nitrogen and oxygen atoms in total. The average Bonchev–Trinajstić information content (AvgIpc) is 2.19. The summed E-state index contributed by atoms with van der Waals surface area (Å²) in [6.45, 7) is 2.22. The first-order valence-corrected chi connectivity index (χ1v) is 4.98. The summed E-state index contributed by atoms with van der Waals surface area (Å²) in [5.74, 6) is -0.218. The second kappa shape index (κ2) is 5.50. The van der Waals surface area contributed by atoms with E-state index in [4.69, 9.17) is 10.3 Å². The van der Waals surface area contributed by atoms with E-state index in [1.54, 1.807) is 6.92 Å². The van der Waals surface area contributed by atoms with E-state index in [0.717, 1.165) is 19.3 Å². The summed E-state index contributed by atoms with van der Waals surface area (Å²) in [6, 6.07) is -0.0249. The highest BCUT2D eigenvalue weighted by Gasteiger charge is 2.27. The third kappa shape index (κ3) is 2.92. The molecule has 1 rings (SSSR count). The van der Waals surface area contributed by atoms with Gasteiger partial charge in [0, 0.05) is 11.0 Å². The monoisotopic (exact) mass is 197 g/mol. The first-order valence-electron chi connectivity index (χ1n) is 4.98. The van der Waals surface area contributed by atoms with Crippen LogP contribution in [0.2, 0.25) is 0 Å². The Bertz CT molecular complexity index is 248. The van der Waals surface area contributed by atoms with Crippen molar-refractivity contribution < 1.29 is 9.53 Å². The molecule has 5 heteroatoms. The molecule has 0 radical (unpaired) electrons. The van der Waals surface area contributed by atoms with Gasteiger partial charge in [0.15, 0.2) is 0 Å². The van der Waals surface area contributed by atoms with Gasteiger partial charge in [-0.15, -0.1) is 0 Å². The van der Waals surface area contributed by atoms with Crippen LogP contribution in [0.25, 0.3) is 10.4 Å². The normalized spacial score (nSPS) is 26.4. The van der Waals surface area contributed by atoms with Gasteiger partial charge in [0.1, 0.15) is 0 Å². The standard InChI is InChI=1S/C9H15N3O2/c1-2-14-9(13)7-4-3-5-8(6-7)11-12-10/h7-8H,2-6H2,1H3/t7-,8?/m1/s1. The van der Waals surface area contributed by atoms with E-state index in [0.29, 0.717) is 13.0 Å². The maximum Gasteiger partial charge on any atom is 0.308 e. The van der Waals surface area contributed by atoms with Crippen LogP contribution in [0.15, 0.2) is 5.11 Å². The Hall–Kier alpha value is -1.22. The smallest absolute Gasteiger partial charge is 0.308 e. The van der Waals surface area contributed by atoms with Gasteiger partial charge < -0.3 is 4.74 Å². The van der Waals surface area contributed by atoms with Crippen LogP contribution in [0.1, 0.15) is 32.6 Å². The molecule has 0 spiro atoms. The van der Waals surface area contributed by atoms with Crippen LogP contribution < -0.4 is 0 Å². The minimum atomic E-state index is -0.148. The maximum atomic E-state index is 11.4. The fourth-order valence-corrected chi connectivity index (χ4v) is 1.82. The molecule has 0 N–H and O–H groups in total. The number of ether oxygens (including phenoxy) is 1. The molecule has 14 heavy (non-hydrogen) atoms. The Morgan fingerprint density at radius 2 is 2.43 bits per heavy atom.